The number of carbonyl (C=O) groups is 5. The van der Waals surface area contributed by atoms with Crippen molar-refractivity contribution in [2.75, 3.05) is 75.0 Å². The average molecular weight is 2300 g/mol. The van der Waals surface area contributed by atoms with Gasteiger partial charge in [-0.1, -0.05) is 266 Å². The van der Waals surface area contributed by atoms with Crippen LogP contribution in [0, 0.1) is 0 Å². The van der Waals surface area contributed by atoms with Gasteiger partial charge in [-0.2, -0.15) is 0 Å². The van der Waals surface area contributed by atoms with E-state index in [0.717, 1.165) is 67.3 Å². The Hall–Kier alpha value is -4.82. The zero-order valence-corrected chi connectivity index (χ0v) is 98.7. The second kappa shape index (κ2) is 89.4. The second-order valence-corrected chi connectivity index (χ2v) is 41.5. The van der Waals surface area contributed by atoms with Crippen molar-refractivity contribution in [2.24, 2.45) is 5.90 Å². The number of methoxy groups -OCH3 is 7. The Morgan fingerprint density at radius 2 is 0.743 bits per heavy atom. The molecule has 140 heavy (non-hydrogen) atoms. The maximum Gasteiger partial charge on any atom is 1.00 e. The third kappa shape index (κ3) is 58.1. The van der Waals surface area contributed by atoms with E-state index in [1.54, 1.807) is 69.0 Å². The van der Waals surface area contributed by atoms with E-state index in [0.29, 0.717) is 101 Å². The van der Waals surface area contributed by atoms with Gasteiger partial charge >= 0.3 is 185 Å². The summed E-state index contributed by atoms with van der Waals surface area (Å²) in [6.07, 6.45) is 6.11. The van der Waals surface area contributed by atoms with Gasteiger partial charge in [0, 0.05) is 128 Å². The molecule has 0 saturated carbocycles. The molecule has 0 aliphatic heterocycles. The van der Waals surface area contributed by atoms with Gasteiger partial charge in [-0.15, -0.1) is 0 Å². The van der Waals surface area contributed by atoms with E-state index in [4.69, 9.17) is 98.0 Å². The maximum absolute atomic E-state index is 11.6. The van der Waals surface area contributed by atoms with Crippen LogP contribution in [0.1, 0.15) is 131 Å². The molecule has 9 N–H and O–H groups in total. The van der Waals surface area contributed by atoms with Crippen LogP contribution in [0.3, 0.4) is 0 Å². The van der Waals surface area contributed by atoms with Crippen LogP contribution in [0.15, 0.2) is 256 Å². The van der Waals surface area contributed by atoms with E-state index in [1.807, 2.05) is 29.2 Å². The van der Waals surface area contributed by atoms with Gasteiger partial charge in [-0.05, 0) is 167 Å². The summed E-state index contributed by atoms with van der Waals surface area (Å²) in [6.45, 7) is 20.7. The number of hydrogen-bond acceptors (Lipinski definition) is 22. The third-order valence-corrected chi connectivity index (χ3v) is 28.6. The number of carbonyl (C=O) groups excluding carboxylic acids is 3. The summed E-state index contributed by atoms with van der Waals surface area (Å²) in [7, 11) is 19.8. The van der Waals surface area contributed by atoms with Crippen molar-refractivity contribution in [3.8, 4) is 23.0 Å². The summed E-state index contributed by atoms with van der Waals surface area (Å²) in [5, 5.41) is 67.4. The predicted molar refractivity (Wildman–Crippen MR) is 564 cm³/mol. The van der Waals surface area contributed by atoms with Gasteiger partial charge < -0.3 is 96.1 Å². The first-order chi connectivity index (χ1) is 65.0. The SMILES string of the molecule is C.C.C=CCOC(=O)CCc1cc(COC)c(OCC=C)c(COC)c1.CI.CNC(=O)CCc1cc(COC)c(O[Si](C)(C)C(C)(C)C)c(COC)c1.COCc1cc(CCC(=O)O)cc(COC)c1OC.O=C(O)CCc1cc(CO)c(O)c(CO)c1.O=CO[O-].[2H]ON.[B].[Cl][Pd][Cl].[H-].[H-].[K+].[K+].[Na+].c1ccc(P(c2ccccc2)c2ccccc2)cc1.c1ccc(P(c2ccccc2)c2ccccc2)cc1. The predicted octanol–water partition coefficient (Wildman–Crippen LogP) is 8.86. The van der Waals surface area contributed by atoms with Crippen LogP contribution in [0.2, 0.25) is 19.6 Å². The summed E-state index contributed by atoms with van der Waals surface area (Å²) >= 11 is 2.04. The fourth-order valence-electron chi connectivity index (χ4n) is 12.5. The first-order valence-corrected chi connectivity index (χ1v) is 53.8. The molecule has 0 unspecified atom stereocenters. The van der Waals surface area contributed by atoms with Crippen molar-refractivity contribution in [1.29, 1.82) is 0 Å². The molecule has 10 aromatic rings. The number of halogens is 3. The van der Waals surface area contributed by atoms with Crippen molar-refractivity contribution in [3.63, 3.8) is 0 Å². The number of aliphatic hydroxyl groups is 2. The van der Waals surface area contributed by atoms with Crippen molar-refractivity contribution in [2.45, 2.75) is 158 Å². The molecule has 0 aliphatic rings. The monoisotopic (exact) mass is 2290 g/mol. The van der Waals surface area contributed by atoms with E-state index in [-0.39, 0.29) is 236 Å². The number of rotatable bonds is 41. The third-order valence-electron chi connectivity index (χ3n) is 19.4. The molecule has 1 amide bonds. The summed E-state index contributed by atoms with van der Waals surface area (Å²) in [4.78, 5) is 57.5. The number of esters is 1. The van der Waals surface area contributed by atoms with Crippen LogP contribution < -0.4 is 195 Å². The van der Waals surface area contributed by atoms with Crippen molar-refractivity contribution in [3.05, 3.63) is 323 Å². The fraction of sp³-hybridized carbons (Fsp3) is 0.337. The van der Waals surface area contributed by atoms with E-state index in [2.05, 4.69) is 285 Å². The minimum Gasteiger partial charge on any atom is -1.00 e. The number of amides is 1. The Bertz CT molecular complexity index is 4570. The summed E-state index contributed by atoms with van der Waals surface area (Å²) in [5.74, 6) is 4.31. The van der Waals surface area contributed by atoms with Gasteiger partial charge in [0.05, 0.1) is 60.0 Å². The average Bonchev–Trinajstić information content (AvgIpc) is 0.771. The number of nitrogens with two attached hydrogens (primary N) is 1. The number of aromatic hydroxyl groups is 1. The molecule has 0 bridgehead atoms. The van der Waals surface area contributed by atoms with Gasteiger partial charge in [-0.3, -0.25) is 24.0 Å². The number of carboxylic acids is 2. The first kappa shape index (κ1) is 144. The van der Waals surface area contributed by atoms with E-state index in [1.165, 1.54) is 44.0 Å². The number of ether oxygens (including phenoxy) is 9. The van der Waals surface area contributed by atoms with Gasteiger partial charge in [-0.25, -0.2) is 5.90 Å². The van der Waals surface area contributed by atoms with Gasteiger partial charge in [0.2, 0.25) is 7.34 Å². The standard InChI is InChI=1S/C20H35NO4Si.C19H26O5.2C18H15P.C14H20O5.C11H14O5.CH3I.CH2O3.2CH4.B.2ClH.2K.H3NO.Na.Pd.2H/c1-20(2,3)26(7,8)25-19-16(13-23-5)11-15(9-10-18(22)21-4)12-17(19)14-24-6;1-5-9-23-18(20)8-7-15-11-16(13-21-3)19(24-10-6-2)17(12-15)14-22-4;2*1-4-10-16(11-5-1)19(17-12-6-2-7-13-17)18-14-8-3-9-15-18;1-17-8-11-6-10(4-5-13(15)16)7-12(9-18-2)14(11)19-3;12-5-8-3-7(1-2-10(14)15)4-9(6-13)11(8)16;1-2;2-1-4-3;;;;;;;;1-2;;;;/h11-12H,9-10,13-14H2,1-8H3,(H,21,22);5-6,11-12H,1-2,7-10,13-14H2,3-4H3;2*1-15H;6-7H,4-5,8-9H2,1-3H3,(H,15,16);3-4,12-13,16H,1-2,5-6H2,(H,14,15);1H3;1,3H;2*1H4;;2*1H;;;2H,1H2;;;;/q;;;;;;;;;;;;;2*+1;;+1;+2;2*-1/p-3/i;;;;;;;;;;;;;;;2D;;;;. The van der Waals surface area contributed by atoms with Crippen LogP contribution >= 0.6 is 57.5 Å². The molecule has 3 radical (unpaired) electrons. The number of carboxylic acid groups (broad SMARTS) is 2. The molecule has 0 aliphatic carbocycles. The number of aryl methyl sites for hydroxylation is 4. The maximum atomic E-state index is 11.6. The minimum atomic E-state index is -2.00. The molecule has 36 heteroatoms. The van der Waals surface area contributed by atoms with Crippen LogP contribution in [-0.4, -0.2) is 153 Å². The van der Waals surface area contributed by atoms with Crippen LogP contribution in [0.25, 0.3) is 0 Å². The van der Waals surface area contributed by atoms with Crippen molar-refractivity contribution < 1.29 is 264 Å². The van der Waals surface area contributed by atoms with Gasteiger partial charge in [0.25, 0.3) is 14.8 Å². The topological polar surface area (TPSA) is 369 Å². The zero-order valence-electron chi connectivity index (χ0n) is 85.4. The number of aliphatic carboxylic acids is 2. The number of nitrogens with one attached hydrogen (secondary N) is 1. The van der Waals surface area contributed by atoms with E-state index >= 15 is 0 Å². The first-order valence-electron chi connectivity index (χ1n) is 42.4. The fourth-order valence-corrected chi connectivity index (χ4v) is 18.2. The number of benzene rings is 10. The molecule has 0 atom stereocenters. The molecule has 10 aromatic carbocycles. The minimum absolute atomic E-state index is 0. The smallest absolute Gasteiger partial charge is 1.00 e. The Kier molecular flexibility index (Phi) is 91.7. The molecular formula is C104H142BCl2IK2N2NaO23P2PdSi. The van der Waals surface area contributed by atoms with Crippen LogP contribution in [0.4, 0.5) is 0 Å². The Labute approximate surface area is 978 Å². The quantitative estimate of drug-likeness (QED) is 0.00204. The molecule has 0 saturated heterocycles. The Morgan fingerprint density at radius 1 is 0.500 bits per heavy atom. The van der Waals surface area contributed by atoms with Crippen molar-refractivity contribution in [1.82, 2.24) is 5.32 Å². The van der Waals surface area contributed by atoms with Gasteiger partial charge in [0.15, 0.2) is 0 Å². The zero-order chi connectivity index (χ0) is 101. The summed E-state index contributed by atoms with van der Waals surface area (Å²) in [5.41, 5.74) is 9.99. The Morgan fingerprint density at radius 3 is 0.964 bits per heavy atom. The number of phenols is 1. The van der Waals surface area contributed by atoms with Crippen LogP contribution in [0.5, 0.6) is 23.0 Å². The molecular weight excluding hydrogens is 2150 g/mol. The number of alkyl halides is 1. The second-order valence-electron chi connectivity index (χ2n) is 29.9. The molecule has 0 fully saturated rings. The van der Waals surface area contributed by atoms with E-state index < -0.39 is 36.1 Å². The molecule has 0 spiro atoms. The molecule has 757 valence electrons. The summed E-state index contributed by atoms with van der Waals surface area (Å²) in [6, 6.07) is 79.7. The molecule has 0 heterocycles. The number of aliphatic hydroxyl groups excluding tert-OH is 2. The number of hydrogen-bond donors (Lipinski definition) is 8. The van der Waals surface area contributed by atoms with E-state index in [9.17, 15) is 24.3 Å². The van der Waals surface area contributed by atoms with Gasteiger partial charge in [0.1, 0.15) is 36.2 Å². The molecule has 10 rings (SSSR count). The van der Waals surface area contributed by atoms with Crippen molar-refractivity contribution >= 4 is 136 Å². The normalized spacial score (nSPS) is 9.98. The summed E-state index contributed by atoms with van der Waals surface area (Å²) < 4.78 is 59.9. The largest absolute Gasteiger partial charge is 1.00 e. The molecule has 25 nitrogen and oxygen atoms in total. The Balaban J connectivity index is -0.000000247. The van der Waals surface area contributed by atoms with Crippen LogP contribution in [-0.2, 0) is 156 Å². The molecule has 0 aromatic heterocycles.